The summed E-state index contributed by atoms with van der Waals surface area (Å²) in [5.41, 5.74) is 3.44. The van der Waals surface area contributed by atoms with Crippen molar-refractivity contribution in [1.82, 2.24) is 4.90 Å². The van der Waals surface area contributed by atoms with Crippen molar-refractivity contribution in [2.24, 2.45) is 0 Å². The van der Waals surface area contributed by atoms with Crippen molar-refractivity contribution >= 4 is 20.3 Å². The van der Waals surface area contributed by atoms with Gasteiger partial charge in [0, 0.05) is 6.23 Å². The summed E-state index contributed by atoms with van der Waals surface area (Å²) in [7, 11) is 0.692. The van der Waals surface area contributed by atoms with Gasteiger partial charge in [0.25, 0.3) is 0 Å². The van der Waals surface area contributed by atoms with Crippen molar-refractivity contribution in [3.63, 3.8) is 0 Å². The maximum Gasteiger partial charge on any atom is 0.114 e. The third-order valence-corrected chi connectivity index (χ3v) is 6.79. The molecule has 0 aliphatic carbocycles. The molecule has 0 heterocycles. The summed E-state index contributed by atoms with van der Waals surface area (Å²) in [5, 5.41) is 1.35. The van der Waals surface area contributed by atoms with Crippen molar-refractivity contribution < 1.29 is 4.74 Å². The van der Waals surface area contributed by atoms with E-state index in [1.165, 1.54) is 68.1 Å². The molecule has 168 valence electrons. The standard InChI is InChI=1S/C28H41NOSi/c1-5-7-20-29(21-8-6-2)22-12-13-24(3)30-23-31-28-18-16-27(17-19-28)25(4)26-14-10-9-11-15-26/h9-11,14-19,24H,4-8,12-13,20-23H2,1-3H3. The van der Waals surface area contributed by atoms with Crippen molar-refractivity contribution in [3.8, 4) is 0 Å². The number of hydrogen-bond donors (Lipinski definition) is 0. The zero-order valence-electron chi connectivity index (χ0n) is 19.9. The van der Waals surface area contributed by atoms with Gasteiger partial charge in [0.2, 0.25) is 0 Å². The van der Waals surface area contributed by atoms with Gasteiger partial charge in [-0.05, 0) is 68.9 Å². The van der Waals surface area contributed by atoms with Crippen LogP contribution < -0.4 is 5.19 Å². The normalized spacial score (nSPS) is 12.3. The zero-order valence-corrected chi connectivity index (χ0v) is 20.9. The lowest BCUT2D eigenvalue weighted by atomic mass is 10.00. The lowest BCUT2D eigenvalue weighted by Gasteiger charge is -2.22. The van der Waals surface area contributed by atoms with E-state index in [1.54, 1.807) is 0 Å². The minimum absolute atomic E-state index is 0.337. The van der Waals surface area contributed by atoms with E-state index in [-0.39, 0.29) is 0 Å². The van der Waals surface area contributed by atoms with Crippen LogP contribution in [0.2, 0.25) is 0 Å². The SMILES string of the molecule is C=C(c1ccccc1)c1ccc([Si]COC(C)CCCN(CCCC)CCCC)cc1. The molecule has 3 heteroatoms. The van der Waals surface area contributed by atoms with Gasteiger partial charge in [0.15, 0.2) is 0 Å². The average Bonchev–Trinajstić information content (AvgIpc) is 2.81. The Morgan fingerprint density at radius 1 is 0.871 bits per heavy atom. The van der Waals surface area contributed by atoms with Crippen molar-refractivity contribution in [2.45, 2.75) is 65.4 Å². The first-order chi connectivity index (χ1) is 15.1. The molecule has 31 heavy (non-hydrogen) atoms. The second-order valence-electron chi connectivity index (χ2n) is 8.41. The quantitative estimate of drug-likeness (QED) is 0.294. The third kappa shape index (κ3) is 9.99. The number of unbranched alkanes of at least 4 members (excludes halogenated alkanes) is 2. The van der Waals surface area contributed by atoms with Gasteiger partial charge < -0.3 is 9.64 Å². The van der Waals surface area contributed by atoms with Crippen LogP contribution in [0.4, 0.5) is 0 Å². The zero-order chi connectivity index (χ0) is 22.3. The van der Waals surface area contributed by atoms with Gasteiger partial charge in [-0.3, -0.25) is 0 Å². The predicted octanol–water partition coefficient (Wildman–Crippen LogP) is 6.12. The first-order valence-electron chi connectivity index (χ1n) is 12.1. The van der Waals surface area contributed by atoms with Crippen LogP contribution in [0, 0.1) is 0 Å². The van der Waals surface area contributed by atoms with Crippen LogP contribution in [-0.2, 0) is 4.74 Å². The van der Waals surface area contributed by atoms with E-state index in [0.717, 1.165) is 18.2 Å². The fourth-order valence-electron chi connectivity index (χ4n) is 3.65. The highest BCUT2D eigenvalue weighted by atomic mass is 28.2. The molecule has 1 unspecified atom stereocenters. The van der Waals surface area contributed by atoms with Crippen LogP contribution in [0.1, 0.15) is 70.4 Å². The molecule has 2 radical (unpaired) electrons. The van der Waals surface area contributed by atoms with E-state index in [0.29, 0.717) is 15.6 Å². The van der Waals surface area contributed by atoms with Crippen LogP contribution in [0.15, 0.2) is 61.2 Å². The number of ether oxygens (including phenoxy) is 1. The minimum Gasteiger partial charge on any atom is -0.382 e. The molecule has 0 amide bonds. The Labute approximate surface area is 193 Å². The third-order valence-electron chi connectivity index (χ3n) is 5.74. The lowest BCUT2D eigenvalue weighted by Crippen LogP contribution is -2.28. The van der Waals surface area contributed by atoms with E-state index < -0.39 is 0 Å². The van der Waals surface area contributed by atoms with Gasteiger partial charge >= 0.3 is 0 Å². The van der Waals surface area contributed by atoms with E-state index in [1.807, 2.05) is 6.07 Å². The fourth-order valence-corrected chi connectivity index (χ4v) is 4.58. The number of nitrogens with zero attached hydrogens (tertiary/aromatic N) is 1. The summed E-state index contributed by atoms with van der Waals surface area (Å²) >= 11 is 0. The number of hydrogen-bond acceptors (Lipinski definition) is 2. The predicted molar refractivity (Wildman–Crippen MR) is 137 cm³/mol. The Morgan fingerprint density at radius 3 is 2.06 bits per heavy atom. The highest BCUT2D eigenvalue weighted by Gasteiger charge is 2.08. The molecule has 0 aliphatic rings. The highest BCUT2D eigenvalue weighted by molar-refractivity contribution is 6.53. The Morgan fingerprint density at radius 2 is 1.45 bits per heavy atom. The van der Waals surface area contributed by atoms with Crippen LogP contribution >= 0.6 is 0 Å². The van der Waals surface area contributed by atoms with Gasteiger partial charge in [0.05, 0.1) is 6.10 Å². The molecule has 2 rings (SSSR count). The summed E-state index contributed by atoms with van der Waals surface area (Å²) in [6.45, 7) is 14.7. The molecule has 2 aromatic carbocycles. The lowest BCUT2D eigenvalue weighted by molar-refractivity contribution is 0.0887. The maximum absolute atomic E-state index is 6.11. The number of benzene rings is 2. The molecule has 0 fully saturated rings. The van der Waals surface area contributed by atoms with Crippen molar-refractivity contribution in [2.75, 3.05) is 25.9 Å². The summed E-state index contributed by atoms with van der Waals surface area (Å²) < 4.78 is 6.11. The van der Waals surface area contributed by atoms with Gasteiger partial charge in [-0.2, -0.15) is 0 Å². The Hall–Kier alpha value is -1.68. The summed E-state index contributed by atoms with van der Waals surface area (Å²) in [5.74, 6) is 0. The number of rotatable bonds is 16. The molecule has 0 saturated heterocycles. The van der Waals surface area contributed by atoms with Crippen molar-refractivity contribution in [1.29, 1.82) is 0 Å². The van der Waals surface area contributed by atoms with Crippen LogP contribution in [-0.4, -0.2) is 46.4 Å². The molecule has 0 spiro atoms. The van der Waals surface area contributed by atoms with E-state index in [2.05, 4.69) is 80.8 Å². The highest BCUT2D eigenvalue weighted by Crippen LogP contribution is 2.20. The van der Waals surface area contributed by atoms with E-state index >= 15 is 0 Å². The molecule has 0 N–H and O–H groups in total. The van der Waals surface area contributed by atoms with Crippen LogP contribution in [0.3, 0.4) is 0 Å². The van der Waals surface area contributed by atoms with Gasteiger partial charge in [-0.15, -0.1) is 0 Å². The smallest absolute Gasteiger partial charge is 0.114 e. The van der Waals surface area contributed by atoms with E-state index in [4.69, 9.17) is 4.74 Å². The van der Waals surface area contributed by atoms with Crippen LogP contribution in [0.5, 0.6) is 0 Å². The summed E-state index contributed by atoms with van der Waals surface area (Å²) in [6, 6.07) is 19.2. The molecular formula is C28H41NOSi. The second-order valence-corrected chi connectivity index (χ2v) is 9.63. The molecule has 0 aromatic heterocycles. The average molecular weight is 436 g/mol. The maximum atomic E-state index is 6.11. The second kappa shape index (κ2) is 15.2. The van der Waals surface area contributed by atoms with Gasteiger partial charge in [0.1, 0.15) is 9.52 Å². The molecule has 2 nitrogen and oxygen atoms in total. The Kier molecular flexibility index (Phi) is 12.5. The molecule has 0 aliphatic heterocycles. The minimum atomic E-state index is 0.337. The Bertz CT molecular complexity index is 720. The van der Waals surface area contributed by atoms with Gasteiger partial charge in [-0.1, -0.05) is 93.1 Å². The largest absolute Gasteiger partial charge is 0.382 e. The van der Waals surface area contributed by atoms with Gasteiger partial charge in [-0.25, -0.2) is 0 Å². The first kappa shape index (κ1) is 25.6. The van der Waals surface area contributed by atoms with E-state index in [9.17, 15) is 0 Å². The fraction of sp³-hybridized carbons (Fsp3) is 0.500. The first-order valence-corrected chi connectivity index (χ1v) is 13.3. The monoisotopic (exact) mass is 435 g/mol. The van der Waals surface area contributed by atoms with Crippen molar-refractivity contribution in [3.05, 3.63) is 72.3 Å². The molecular weight excluding hydrogens is 394 g/mol. The molecule has 1 atom stereocenters. The Balaban J connectivity index is 1.67. The summed E-state index contributed by atoms with van der Waals surface area (Å²) in [6.07, 6.45) is 8.72. The summed E-state index contributed by atoms with van der Waals surface area (Å²) in [4.78, 5) is 2.65. The molecule has 2 aromatic rings. The molecule has 0 bridgehead atoms. The topological polar surface area (TPSA) is 12.5 Å². The van der Waals surface area contributed by atoms with Crippen LogP contribution in [0.25, 0.3) is 5.57 Å². The molecule has 0 saturated carbocycles.